The Morgan fingerprint density at radius 1 is 1.00 bits per heavy atom. The number of rotatable bonds is 7. The van der Waals surface area contributed by atoms with E-state index < -0.39 is 0 Å². The Morgan fingerprint density at radius 2 is 1.67 bits per heavy atom. The lowest BCUT2D eigenvalue weighted by molar-refractivity contribution is 0.226. The minimum atomic E-state index is -0.0883. The van der Waals surface area contributed by atoms with Gasteiger partial charge in [-0.15, -0.1) is 0 Å². The number of carbonyl (C=O) groups excluding carboxylic acids is 1. The van der Waals surface area contributed by atoms with E-state index in [4.69, 9.17) is 5.73 Å². The number of urea groups is 1. The summed E-state index contributed by atoms with van der Waals surface area (Å²) in [7, 11) is 0. The third-order valence-corrected chi connectivity index (χ3v) is 5.57. The fraction of sp³-hybridized carbons (Fsp3) is 0.435. The molecule has 4 heteroatoms. The van der Waals surface area contributed by atoms with Gasteiger partial charge in [-0.25, -0.2) is 4.79 Å². The molecule has 27 heavy (non-hydrogen) atoms. The average Bonchev–Trinajstić information content (AvgIpc) is 2.73. The van der Waals surface area contributed by atoms with E-state index in [9.17, 15) is 4.79 Å². The Hall–Kier alpha value is -2.33. The number of carbonyl (C=O) groups is 1. The summed E-state index contributed by atoms with van der Waals surface area (Å²) in [6, 6.07) is 20.3. The highest BCUT2D eigenvalue weighted by molar-refractivity contribution is 5.74. The molecule has 4 nitrogen and oxygen atoms in total. The molecule has 3 atom stereocenters. The molecule has 3 rings (SSSR count). The summed E-state index contributed by atoms with van der Waals surface area (Å²) in [4.78, 5) is 12.6. The van der Waals surface area contributed by atoms with Crippen molar-refractivity contribution in [3.05, 3.63) is 71.8 Å². The predicted octanol–water partition coefficient (Wildman–Crippen LogP) is 4.03. The van der Waals surface area contributed by atoms with Crippen LogP contribution in [-0.2, 0) is 6.42 Å². The largest absolute Gasteiger partial charge is 0.338 e. The van der Waals surface area contributed by atoms with Gasteiger partial charge in [-0.3, -0.25) is 0 Å². The maximum Gasteiger partial charge on any atom is 0.315 e. The van der Waals surface area contributed by atoms with Gasteiger partial charge >= 0.3 is 6.03 Å². The first-order valence-electron chi connectivity index (χ1n) is 10.1. The second kappa shape index (κ2) is 10.1. The zero-order chi connectivity index (χ0) is 18.9. The van der Waals surface area contributed by atoms with Crippen LogP contribution in [0, 0.1) is 11.8 Å². The molecule has 1 aliphatic carbocycles. The summed E-state index contributed by atoms with van der Waals surface area (Å²) in [6.45, 7) is 1.49. The van der Waals surface area contributed by atoms with E-state index in [1.54, 1.807) is 0 Å². The lowest BCUT2D eigenvalue weighted by Crippen LogP contribution is -2.41. The van der Waals surface area contributed by atoms with Crippen LogP contribution >= 0.6 is 0 Å². The van der Waals surface area contributed by atoms with Gasteiger partial charge in [0, 0.05) is 6.54 Å². The lowest BCUT2D eigenvalue weighted by Gasteiger charge is -2.28. The van der Waals surface area contributed by atoms with Gasteiger partial charge in [-0.1, -0.05) is 67.1 Å². The fourth-order valence-corrected chi connectivity index (χ4v) is 4.04. The number of hydrogen-bond donors (Lipinski definition) is 3. The van der Waals surface area contributed by atoms with Crippen molar-refractivity contribution >= 4 is 6.03 Å². The highest BCUT2D eigenvalue weighted by Crippen LogP contribution is 2.27. The molecule has 2 amide bonds. The maximum absolute atomic E-state index is 12.6. The number of amides is 2. The van der Waals surface area contributed by atoms with Gasteiger partial charge in [0.25, 0.3) is 0 Å². The highest BCUT2D eigenvalue weighted by atomic mass is 16.2. The standard InChI is InChI=1S/C23H31N3O/c24-16-19-10-7-11-20(14-19)17-25-23(27)26-22(21-12-5-2-6-13-21)15-18-8-3-1-4-9-18/h1-6,8-9,12-13,19-20,22H,7,10-11,14-17,24H2,(H2,25,26,27). The molecule has 0 bridgehead atoms. The fourth-order valence-electron chi connectivity index (χ4n) is 4.04. The first-order valence-corrected chi connectivity index (χ1v) is 10.1. The molecule has 1 fully saturated rings. The van der Waals surface area contributed by atoms with E-state index in [1.165, 1.54) is 24.8 Å². The molecular formula is C23H31N3O. The summed E-state index contributed by atoms with van der Waals surface area (Å²) < 4.78 is 0. The first kappa shape index (κ1) is 19.4. The number of hydrogen-bond acceptors (Lipinski definition) is 2. The minimum absolute atomic E-state index is 0.0447. The molecule has 0 aliphatic heterocycles. The van der Waals surface area contributed by atoms with Crippen LogP contribution < -0.4 is 16.4 Å². The third kappa shape index (κ3) is 6.10. The molecule has 2 aromatic carbocycles. The first-order chi connectivity index (χ1) is 13.2. The van der Waals surface area contributed by atoms with E-state index >= 15 is 0 Å². The van der Waals surface area contributed by atoms with E-state index in [0.717, 1.165) is 31.5 Å². The Kier molecular flexibility index (Phi) is 7.28. The van der Waals surface area contributed by atoms with Gasteiger partial charge in [-0.05, 0) is 55.2 Å². The molecule has 0 radical (unpaired) electrons. The van der Waals surface area contributed by atoms with Crippen LogP contribution in [0.4, 0.5) is 4.79 Å². The van der Waals surface area contributed by atoms with Crippen LogP contribution in [0.3, 0.4) is 0 Å². The molecule has 0 heterocycles. The zero-order valence-corrected chi connectivity index (χ0v) is 15.9. The quantitative estimate of drug-likeness (QED) is 0.693. The van der Waals surface area contributed by atoms with Crippen molar-refractivity contribution in [3.63, 3.8) is 0 Å². The predicted molar refractivity (Wildman–Crippen MR) is 110 cm³/mol. The molecule has 3 unspecified atom stereocenters. The molecule has 144 valence electrons. The minimum Gasteiger partial charge on any atom is -0.338 e. The van der Waals surface area contributed by atoms with E-state index in [-0.39, 0.29) is 12.1 Å². The zero-order valence-electron chi connectivity index (χ0n) is 15.9. The second-order valence-electron chi connectivity index (χ2n) is 7.64. The van der Waals surface area contributed by atoms with Gasteiger partial charge in [0.15, 0.2) is 0 Å². The Morgan fingerprint density at radius 3 is 2.37 bits per heavy atom. The van der Waals surface area contributed by atoms with Crippen LogP contribution in [0.1, 0.15) is 42.9 Å². The smallest absolute Gasteiger partial charge is 0.315 e. The van der Waals surface area contributed by atoms with Gasteiger partial charge in [0.2, 0.25) is 0 Å². The molecule has 4 N–H and O–H groups in total. The highest BCUT2D eigenvalue weighted by Gasteiger charge is 2.22. The molecule has 0 saturated heterocycles. The molecular weight excluding hydrogens is 334 g/mol. The summed E-state index contributed by atoms with van der Waals surface area (Å²) >= 11 is 0. The van der Waals surface area contributed by atoms with E-state index in [2.05, 4.69) is 34.9 Å². The van der Waals surface area contributed by atoms with Crippen molar-refractivity contribution in [1.29, 1.82) is 0 Å². The summed E-state index contributed by atoms with van der Waals surface area (Å²) in [5.74, 6) is 1.16. The Balaban J connectivity index is 1.57. The summed E-state index contributed by atoms with van der Waals surface area (Å²) in [5.41, 5.74) is 8.16. The van der Waals surface area contributed by atoms with Crippen LogP contribution in [0.2, 0.25) is 0 Å². The summed E-state index contributed by atoms with van der Waals surface area (Å²) in [5, 5.41) is 6.26. The SMILES string of the molecule is NCC1CCCC(CNC(=O)NC(Cc2ccccc2)c2ccccc2)C1. The van der Waals surface area contributed by atoms with Crippen molar-refractivity contribution in [2.75, 3.05) is 13.1 Å². The van der Waals surface area contributed by atoms with Crippen molar-refractivity contribution in [3.8, 4) is 0 Å². The third-order valence-electron chi connectivity index (χ3n) is 5.57. The average molecular weight is 366 g/mol. The number of nitrogens with one attached hydrogen (secondary N) is 2. The number of benzene rings is 2. The van der Waals surface area contributed by atoms with Crippen molar-refractivity contribution in [2.24, 2.45) is 17.6 Å². The van der Waals surface area contributed by atoms with Gasteiger partial charge in [-0.2, -0.15) is 0 Å². The lowest BCUT2D eigenvalue weighted by atomic mass is 9.81. The maximum atomic E-state index is 12.6. The Bertz CT molecular complexity index is 689. The van der Waals surface area contributed by atoms with E-state index in [1.807, 2.05) is 36.4 Å². The van der Waals surface area contributed by atoms with Gasteiger partial charge < -0.3 is 16.4 Å². The van der Waals surface area contributed by atoms with Gasteiger partial charge in [0.1, 0.15) is 0 Å². The number of nitrogens with two attached hydrogens (primary N) is 1. The Labute approximate surface area is 162 Å². The van der Waals surface area contributed by atoms with Crippen LogP contribution in [0.25, 0.3) is 0 Å². The molecule has 0 aromatic heterocycles. The van der Waals surface area contributed by atoms with Crippen molar-refractivity contribution in [2.45, 2.75) is 38.1 Å². The normalized spacial score (nSPS) is 20.6. The monoisotopic (exact) mass is 365 g/mol. The molecule has 2 aromatic rings. The topological polar surface area (TPSA) is 67.1 Å². The molecule has 0 spiro atoms. The van der Waals surface area contributed by atoms with Crippen molar-refractivity contribution in [1.82, 2.24) is 10.6 Å². The van der Waals surface area contributed by atoms with Crippen LogP contribution in [0.5, 0.6) is 0 Å². The van der Waals surface area contributed by atoms with E-state index in [0.29, 0.717) is 11.8 Å². The van der Waals surface area contributed by atoms with Crippen LogP contribution in [0.15, 0.2) is 60.7 Å². The van der Waals surface area contributed by atoms with Gasteiger partial charge in [0.05, 0.1) is 6.04 Å². The second-order valence-corrected chi connectivity index (χ2v) is 7.64. The summed E-state index contributed by atoms with van der Waals surface area (Å²) in [6.07, 6.45) is 5.53. The van der Waals surface area contributed by atoms with Crippen LogP contribution in [-0.4, -0.2) is 19.1 Å². The molecule has 1 saturated carbocycles. The van der Waals surface area contributed by atoms with Crippen molar-refractivity contribution < 1.29 is 4.79 Å². The molecule has 1 aliphatic rings.